The van der Waals surface area contributed by atoms with Crippen LogP contribution in [0.4, 0.5) is 0 Å². The molecule has 0 bridgehead atoms. The molecule has 0 fully saturated rings. The Morgan fingerprint density at radius 1 is 1.10 bits per heavy atom. The molecule has 0 saturated heterocycles. The van der Waals surface area contributed by atoms with Gasteiger partial charge in [-0.3, -0.25) is 0 Å². The first-order valence-corrected chi connectivity index (χ1v) is 7.60. The molecule has 0 radical (unpaired) electrons. The maximum Gasteiger partial charge on any atom is 0.125 e. The van der Waals surface area contributed by atoms with Crippen molar-refractivity contribution in [2.75, 3.05) is 19.8 Å². The fourth-order valence-electron chi connectivity index (χ4n) is 2.31. The van der Waals surface area contributed by atoms with Crippen molar-refractivity contribution >= 4 is 0 Å². The van der Waals surface area contributed by atoms with Gasteiger partial charge in [0.05, 0.1) is 6.61 Å². The van der Waals surface area contributed by atoms with Crippen molar-refractivity contribution in [3.05, 3.63) is 28.8 Å². The summed E-state index contributed by atoms with van der Waals surface area (Å²) in [7, 11) is 0. The summed E-state index contributed by atoms with van der Waals surface area (Å²) in [6, 6.07) is 4.53. The van der Waals surface area contributed by atoms with E-state index in [1.165, 1.54) is 23.1 Å². The van der Waals surface area contributed by atoms with Gasteiger partial charge in [0.1, 0.15) is 12.4 Å². The molecule has 0 aliphatic carbocycles. The maximum atomic E-state index is 5.85. The highest BCUT2D eigenvalue weighted by molar-refractivity contribution is 5.43. The van der Waals surface area contributed by atoms with Crippen LogP contribution in [-0.2, 0) is 11.2 Å². The summed E-state index contributed by atoms with van der Waals surface area (Å²) in [4.78, 5) is 0. The largest absolute Gasteiger partial charge is 0.491 e. The fraction of sp³-hybridized carbons (Fsp3) is 0.647. The summed E-state index contributed by atoms with van der Waals surface area (Å²) in [5, 5.41) is 0. The van der Waals surface area contributed by atoms with E-state index in [2.05, 4.69) is 32.9 Å². The SMILES string of the molecule is CCCCOCCOc1c(C)cc(CC(C)N)cc1C. The first-order chi connectivity index (χ1) is 9.54. The van der Waals surface area contributed by atoms with Crippen molar-refractivity contribution in [2.24, 2.45) is 5.73 Å². The van der Waals surface area contributed by atoms with Crippen molar-refractivity contribution in [3.63, 3.8) is 0 Å². The molecule has 0 aromatic heterocycles. The number of benzene rings is 1. The van der Waals surface area contributed by atoms with E-state index in [4.69, 9.17) is 15.2 Å². The van der Waals surface area contributed by atoms with E-state index >= 15 is 0 Å². The quantitative estimate of drug-likeness (QED) is 0.705. The Balaban J connectivity index is 2.49. The molecule has 0 spiro atoms. The number of hydrogen-bond donors (Lipinski definition) is 1. The molecule has 0 heterocycles. The van der Waals surface area contributed by atoms with Crippen LogP contribution in [0.2, 0.25) is 0 Å². The zero-order valence-corrected chi connectivity index (χ0v) is 13.4. The Hall–Kier alpha value is -1.06. The molecule has 1 aromatic carbocycles. The minimum absolute atomic E-state index is 0.188. The second-order valence-corrected chi connectivity index (χ2v) is 5.55. The molecular weight excluding hydrogens is 250 g/mol. The number of ether oxygens (including phenoxy) is 2. The highest BCUT2D eigenvalue weighted by Crippen LogP contribution is 2.25. The Morgan fingerprint density at radius 3 is 2.30 bits per heavy atom. The van der Waals surface area contributed by atoms with E-state index in [-0.39, 0.29) is 6.04 Å². The lowest BCUT2D eigenvalue weighted by molar-refractivity contribution is 0.0976. The molecular formula is C17H29NO2. The highest BCUT2D eigenvalue weighted by atomic mass is 16.5. The lowest BCUT2D eigenvalue weighted by Gasteiger charge is -2.15. The van der Waals surface area contributed by atoms with Crippen molar-refractivity contribution in [3.8, 4) is 5.75 Å². The fourth-order valence-corrected chi connectivity index (χ4v) is 2.31. The van der Waals surface area contributed by atoms with Crippen molar-refractivity contribution in [2.45, 2.75) is 53.0 Å². The summed E-state index contributed by atoms with van der Waals surface area (Å²) in [5.41, 5.74) is 9.48. The smallest absolute Gasteiger partial charge is 0.125 e. The second-order valence-electron chi connectivity index (χ2n) is 5.55. The first-order valence-electron chi connectivity index (χ1n) is 7.60. The standard InChI is InChI=1S/C17H29NO2/c1-5-6-7-19-8-9-20-17-13(2)10-16(11-14(17)3)12-15(4)18/h10-11,15H,5-9,12,18H2,1-4H3. The van der Waals surface area contributed by atoms with Crippen LogP contribution in [0.25, 0.3) is 0 Å². The highest BCUT2D eigenvalue weighted by Gasteiger charge is 2.07. The molecule has 114 valence electrons. The maximum absolute atomic E-state index is 5.85. The van der Waals surface area contributed by atoms with Crippen LogP contribution < -0.4 is 10.5 Å². The van der Waals surface area contributed by atoms with Gasteiger partial charge in [0.2, 0.25) is 0 Å². The third-order valence-corrected chi connectivity index (χ3v) is 3.19. The van der Waals surface area contributed by atoms with Crippen LogP contribution in [0.1, 0.15) is 43.4 Å². The van der Waals surface area contributed by atoms with Gasteiger partial charge in [-0.05, 0) is 50.3 Å². The summed E-state index contributed by atoms with van der Waals surface area (Å²) >= 11 is 0. The van der Waals surface area contributed by atoms with Crippen molar-refractivity contribution < 1.29 is 9.47 Å². The molecule has 3 nitrogen and oxygen atoms in total. The molecule has 20 heavy (non-hydrogen) atoms. The number of rotatable bonds is 9. The average molecular weight is 279 g/mol. The predicted molar refractivity (Wildman–Crippen MR) is 84.5 cm³/mol. The number of hydrogen-bond acceptors (Lipinski definition) is 3. The van der Waals surface area contributed by atoms with Crippen molar-refractivity contribution in [1.82, 2.24) is 0 Å². The molecule has 1 aromatic rings. The molecule has 0 amide bonds. The van der Waals surface area contributed by atoms with E-state index in [1.54, 1.807) is 0 Å². The second kappa shape index (κ2) is 8.98. The van der Waals surface area contributed by atoms with Gasteiger partial charge in [0, 0.05) is 12.6 Å². The van der Waals surface area contributed by atoms with Crippen LogP contribution >= 0.6 is 0 Å². The minimum Gasteiger partial charge on any atom is -0.491 e. The molecule has 1 unspecified atom stereocenters. The van der Waals surface area contributed by atoms with Crippen LogP contribution in [-0.4, -0.2) is 25.9 Å². The van der Waals surface area contributed by atoms with Crippen LogP contribution in [0.3, 0.4) is 0 Å². The van der Waals surface area contributed by atoms with Gasteiger partial charge in [0.25, 0.3) is 0 Å². The number of nitrogens with two attached hydrogens (primary N) is 1. The summed E-state index contributed by atoms with van der Waals surface area (Å²) in [6.07, 6.45) is 3.19. The average Bonchev–Trinajstić information content (AvgIpc) is 2.35. The van der Waals surface area contributed by atoms with Crippen LogP contribution in [0, 0.1) is 13.8 Å². The molecule has 1 rings (SSSR count). The van der Waals surface area contributed by atoms with E-state index in [0.717, 1.165) is 25.2 Å². The van der Waals surface area contributed by atoms with Crippen LogP contribution in [0.5, 0.6) is 5.75 Å². The van der Waals surface area contributed by atoms with E-state index in [9.17, 15) is 0 Å². The van der Waals surface area contributed by atoms with Gasteiger partial charge in [-0.1, -0.05) is 25.5 Å². The number of unbranched alkanes of at least 4 members (excludes halogenated alkanes) is 1. The van der Waals surface area contributed by atoms with Crippen molar-refractivity contribution in [1.29, 1.82) is 0 Å². The molecule has 2 N–H and O–H groups in total. The Labute approximate surface area is 123 Å². The summed E-state index contributed by atoms with van der Waals surface area (Å²) < 4.78 is 11.4. The zero-order valence-electron chi connectivity index (χ0n) is 13.4. The summed E-state index contributed by atoms with van der Waals surface area (Å²) in [6.45, 7) is 10.5. The van der Waals surface area contributed by atoms with Gasteiger partial charge >= 0.3 is 0 Å². The topological polar surface area (TPSA) is 44.5 Å². The molecule has 0 saturated carbocycles. The monoisotopic (exact) mass is 279 g/mol. The summed E-state index contributed by atoms with van der Waals surface area (Å²) in [5.74, 6) is 0.984. The van der Waals surface area contributed by atoms with Gasteiger partial charge in [-0.2, -0.15) is 0 Å². The van der Waals surface area contributed by atoms with Gasteiger partial charge < -0.3 is 15.2 Å². The van der Waals surface area contributed by atoms with Crippen LogP contribution in [0.15, 0.2) is 12.1 Å². The first kappa shape index (κ1) is 17.0. The molecule has 0 aliphatic heterocycles. The van der Waals surface area contributed by atoms with Gasteiger partial charge in [-0.25, -0.2) is 0 Å². The van der Waals surface area contributed by atoms with E-state index < -0.39 is 0 Å². The molecule has 3 heteroatoms. The minimum atomic E-state index is 0.188. The Kier molecular flexibility index (Phi) is 7.63. The molecule has 1 atom stereocenters. The molecule has 0 aliphatic rings. The van der Waals surface area contributed by atoms with Gasteiger partial charge in [-0.15, -0.1) is 0 Å². The normalized spacial score (nSPS) is 12.4. The zero-order chi connectivity index (χ0) is 15.0. The Morgan fingerprint density at radius 2 is 1.75 bits per heavy atom. The number of aryl methyl sites for hydroxylation is 2. The third-order valence-electron chi connectivity index (χ3n) is 3.19. The van der Waals surface area contributed by atoms with Gasteiger partial charge in [0.15, 0.2) is 0 Å². The predicted octanol–water partition coefficient (Wildman–Crippen LogP) is 3.39. The van der Waals surface area contributed by atoms with E-state index in [1.807, 2.05) is 6.92 Å². The lowest BCUT2D eigenvalue weighted by Crippen LogP contribution is -2.18. The third kappa shape index (κ3) is 5.93. The lowest BCUT2D eigenvalue weighted by atomic mass is 10.0. The van der Waals surface area contributed by atoms with E-state index in [0.29, 0.717) is 13.2 Å². The Bertz CT molecular complexity index is 379.